The number of carboxylic acid groups (broad SMARTS) is 1. The van der Waals surface area contributed by atoms with Gasteiger partial charge in [-0.2, -0.15) is 0 Å². The van der Waals surface area contributed by atoms with E-state index in [9.17, 15) is 23.1 Å². The van der Waals surface area contributed by atoms with E-state index in [2.05, 4.69) is 5.32 Å². The minimum atomic E-state index is -3.44. The number of nitrogens with zero attached hydrogens (tertiary/aromatic N) is 1. The highest BCUT2D eigenvalue weighted by molar-refractivity contribution is 7.90. The molecule has 2 N–H and O–H groups in total. The van der Waals surface area contributed by atoms with E-state index >= 15 is 0 Å². The average Bonchev–Trinajstić information content (AvgIpc) is 3.31. The van der Waals surface area contributed by atoms with Crippen LogP contribution in [-0.4, -0.2) is 37.8 Å². The Balaban J connectivity index is 2.19. The van der Waals surface area contributed by atoms with Gasteiger partial charge in [-0.25, -0.2) is 13.2 Å². The van der Waals surface area contributed by atoms with Crippen LogP contribution in [-0.2, 0) is 14.6 Å². The van der Waals surface area contributed by atoms with Crippen molar-refractivity contribution in [3.8, 4) is 0 Å². The molecule has 2 aliphatic rings. The van der Waals surface area contributed by atoms with Gasteiger partial charge in [0.15, 0.2) is 9.84 Å². The van der Waals surface area contributed by atoms with E-state index in [0.29, 0.717) is 17.2 Å². The molecule has 1 saturated carbocycles. The molecule has 7 nitrogen and oxygen atoms in total. The van der Waals surface area contributed by atoms with Crippen molar-refractivity contribution in [3.05, 3.63) is 23.8 Å². The Labute approximate surface area is 146 Å². The van der Waals surface area contributed by atoms with Crippen LogP contribution in [0.5, 0.6) is 0 Å². The van der Waals surface area contributed by atoms with E-state index < -0.39 is 22.0 Å². The van der Waals surface area contributed by atoms with Gasteiger partial charge in [-0.15, -0.1) is 0 Å². The third kappa shape index (κ3) is 3.22. The lowest BCUT2D eigenvalue weighted by atomic mass is 9.80. The summed E-state index contributed by atoms with van der Waals surface area (Å²) in [5, 5.41) is 11.8. The fourth-order valence-corrected chi connectivity index (χ4v) is 4.56. The number of sulfone groups is 1. The van der Waals surface area contributed by atoms with Crippen molar-refractivity contribution < 1.29 is 23.1 Å². The van der Waals surface area contributed by atoms with Gasteiger partial charge >= 0.3 is 6.09 Å². The molecule has 1 fully saturated rings. The zero-order valence-corrected chi connectivity index (χ0v) is 15.2. The number of amides is 2. The van der Waals surface area contributed by atoms with Crippen LogP contribution in [0.15, 0.2) is 23.1 Å². The maximum absolute atomic E-state index is 12.3. The minimum Gasteiger partial charge on any atom is -0.465 e. The molecule has 3 rings (SSSR count). The van der Waals surface area contributed by atoms with Crippen LogP contribution in [0.2, 0.25) is 0 Å². The number of carbonyl (C=O) groups is 2. The summed E-state index contributed by atoms with van der Waals surface area (Å²) in [6.07, 6.45) is 1.96. The Kier molecular flexibility index (Phi) is 4.26. The molecule has 3 atom stereocenters. The molecule has 1 aliphatic heterocycles. The first-order valence-electron chi connectivity index (χ1n) is 8.24. The van der Waals surface area contributed by atoms with Crippen LogP contribution in [0.25, 0.3) is 0 Å². The quantitative estimate of drug-likeness (QED) is 0.853. The van der Waals surface area contributed by atoms with Crippen molar-refractivity contribution in [1.82, 2.24) is 5.32 Å². The van der Waals surface area contributed by atoms with Gasteiger partial charge < -0.3 is 15.3 Å². The largest absolute Gasteiger partial charge is 0.465 e. The lowest BCUT2D eigenvalue weighted by molar-refractivity contribution is -0.117. The third-order valence-electron chi connectivity index (χ3n) is 5.11. The molecule has 0 bridgehead atoms. The maximum Gasteiger partial charge on any atom is 0.405 e. The van der Waals surface area contributed by atoms with Gasteiger partial charge in [0.25, 0.3) is 0 Å². The molecule has 1 aromatic rings. The molecule has 8 heteroatoms. The molecule has 0 spiro atoms. The lowest BCUT2D eigenvalue weighted by Gasteiger charge is -2.45. The Morgan fingerprint density at radius 3 is 2.40 bits per heavy atom. The van der Waals surface area contributed by atoms with Gasteiger partial charge in [0.05, 0.1) is 10.9 Å². The number of hydrogen-bond donors (Lipinski definition) is 2. The monoisotopic (exact) mass is 366 g/mol. The molecule has 0 radical (unpaired) electrons. The molecule has 0 unspecified atom stereocenters. The number of anilines is 1. The SMILES string of the molecule is CC(=O)N1c2ccc(S(C)(=O)=O)cc2[C@H](NC(=O)O)[C@@H](C)[C@@H]1C1CC1. The summed E-state index contributed by atoms with van der Waals surface area (Å²) >= 11 is 0. The van der Waals surface area contributed by atoms with E-state index in [-0.39, 0.29) is 22.8 Å². The van der Waals surface area contributed by atoms with Crippen molar-refractivity contribution in [2.45, 2.75) is 43.7 Å². The van der Waals surface area contributed by atoms with Gasteiger partial charge in [-0.3, -0.25) is 4.79 Å². The van der Waals surface area contributed by atoms with Crippen LogP contribution in [0.4, 0.5) is 10.5 Å². The van der Waals surface area contributed by atoms with Gasteiger partial charge in [-0.1, -0.05) is 6.92 Å². The van der Waals surface area contributed by atoms with E-state index in [1.807, 2.05) is 6.92 Å². The van der Waals surface area contributed by atoms with Crippen molar-refractivity contribution in [3.63, 3.8) is 0 Å². The fourth-order valence-electron chi connectivity index (χ4n) is 3.91. The Morgan fingerprint density at radius 1 is 1.28 bits per heavy atom. The number of nitrogens with one attached hydrogen (secondary N) is 1. The first kappa shape index (κ1) is 17.7. The minimum absolute atomic E-state index is 0.0917. The smallest absolute Gasteiger partial charge is 0.405 e. The number of rotatable bonds is 3. The molecule has 1 aliphatic carbocycles. The molecule has 136 valence electrons. The summed E-state index contributed by atoms with van der Waals surface area (Å²) in [5.41, 5.74) is 1.12. The summed E-state index contributed by atoms with van der Waals surface area (Å²) < 4.78 is 23.8. The molecule has 1 aromatic carbocycles. The van der Waals surface area contributed by atoms with Crippen molar-refractivity contribution in [1.29, 1.82) is 0 Å². The number of fused-ring (bicyclic) bond motifs is 1. The molecular weight excluding hydrogens is 344 g/mol. The Bertz CT molecular complexity index is 831. The highest BCUT2D eigenvalue weighted by Gasteiger charge is 2.48. The van der Waals surface area contributed by atoms with Crippen molar-refractivity contribution in [2.24, 2.45) is 11.8 Å². The normalized spacial score (nSPS) is 26.0. The molecule has 2 amide bonds. The molecule has 25 heavy (non-hydrogen) atoms. The van der Waals surface area contributed by atoms with Crippen LogP contribution in [0.3, 0.4) is 0 Å². The second kappa shape index (κ2) is 6.01. The van der Waals surface area contributed by atoms with E-state index in [1.54, 1.807) is 11.0 Å². The van der Waals surface area contributed by atoms with Crippen molar-refractivity contribution >= 4 is 27.5 Å². The first-order valence-corrected chi connectivity index (χ1v) is 10.1. The molecule has 0 saturated heterocycles. The third-order valence-corrected chi connectivity index (χ3v) is 6.22. The second-order valence-electron chi connectivity index (χ2n) is 7.00. The van der Waals surface area contributed by atoms with Crippen LogP contribution in [0.1, 0.15) is 38.3 Å². The Morgan fingerprint density at radius 2 is 1.92 bits per heavy atom. The lowest BCUT2D eigenvalue weighted by Crippen LogP contribution is -2.53. The fraction of sp³-hybridized carbons (Fsp3) is 0.529. The summed E-state index contributed by atoms with van der Waals surface area (Å²) in [5.74, 6) is 0.0698. The predicted molar refractivity (Wildman–Crippen MR) is 92.3 cm³/mol. The van der Waals surface area contributed by atoms with E-state index in [0.717, 1.165) is 19.1 Å². The summed E-state index contributed by atoms with van der Waals surface area (Å²) in [7, 11) is -3.44. The summed E-state index contributed by atoms with van der Waals surface area (Å²) in [6, 6.07) is 3.93. The zero-order valence-electron chi connectivity index (χ0n) is 14.4. The van der Waals surface area contributed by atoms with Gasteiger partial charge in [0.1, 0.15) is 0 Å². The van der Waals surface area contributed by atoms with E-state index in [1.165, 1.54) is 19.1 Å². The molecule has 1 heterocycles. The number of carbonyl (C=O) groups excluding carboxylic acids is 1. The van der Waals surface area contributed by atoms with E-state index in [4.69, 9.17) is 0 Å². The highest BCUT2D eigenvalue weighted by atomic mass is 32.2. The average molecular weight is 366 g/mol. The summed E-state index contributed by atoms with van der Waals surface area (Å²) in [6.45, 7) is 3.40. The first-order chi connectivity index (χ1) is 11.6. The van der Waals surface area contributed by atoms with Crippen LogP contribution in [0, 0.1) is 11.8 Å². The highest BCUT2D eigenvalue weighted by Crippen LogP contribution is 2.49. The number of hydrogen-bond acceptors (Lipinski definition) is 4. The number of benzene rings is 1. The van der Waals surface area contributed by atoms with Gasteiger partial charge in [-0.05, 0) is 42.5 Å². The summed E-state index contributed by atoms with van der Waals surface area (Å²) in [4.78, 5) is 25.5. The van der Waals surface area contributed by atoms with Crippen molar-refractivity contribution in [2.75, 3.05) is 11.2 Å². The van der Waals surface area contributed by atoms with Gasteiger partial charge in [0.2, 0.25) is 5.91 Å². The predicted octanol–water partition coefficient (Wildman–Crippen LogP) is 2.18. The maximum atomic E-state index is 12.3. The Hall–Kier alpha value is -2.09. The van der Waals surface area contributed by atoms with Gasteiger partial charge in [0, 0.05) is 30.8 Å². The second-order valence-corrected chi connectivity index (χ2v) is 9.01. The zero-order chi connectivity index (χ0) is 18.5. The molecular formula is C17H22N2O5S. The van der Waals surface area contributed by atoms with Crippen LogP contribution < -0.4 is 10.2 Å². The van der Waals surface area contributed by atoms with Crippen LogP contribution >= 0.6 is 0 Å². The standard InChI is InChI=1S/C17H22N2O5S/c1-9-15(18-17(21)22)13-8-12(25(3,23)24)6-7-14(13)19(10(2)20)16(9)11-4-5-11/h6-9,11,15-16,18H,4-5H2,1-3H3,(H,21,22)/t9-,15-,16-/m1/s1. The topological polar surface area (TPSA) is 104 Å². The molecule has 0 aromatic heterocycles.